The molecule has 2 rings (SSSR count). The topological polar surface area (TPSA) is 58.1 Å². The van der Waals surface area contributed by atoms with Gasteiger partial charge in [-0.1, -0.05) is 26.0 Å². The fraction of sp³-hybridized carbons (Fsp3) is 0.632. The third-order valence-corrected chi connectivity index (χ3v) is 4.19. The van der Waals surface area contributed by atoms with Gasteiger partial charge in [-0.05, 0) is 23.6 Å². The lowest BCUT2D eigenvalue weighted by atomic mass is 10.2. The second-order valence-corrected chi connectivity index (χ2v) is 6.80. The van der Waals surface area contributed by atoms with Crippen LogP contribution in [0.5, 0.6) is 5.75 Å². The summed E-state index contributed by atoms with van der Waals surface area (Å²) in [5.74, 6) is 2.35. The van der Waals surface area contributed by atoms with Crippen molar-refractivity contribution in [2.24, 2.45) is 10.9 Å². The number of nitrogens with zero attached hydrogens (tertiary/aromatic N) is 2. The standard InChI is InChI=1S/C19H32N4O2.HI/c1-15(2)13-23-9-10-25-18(14-23)12-22-19(20-3)21-11-16-5-7-17(24-4)8-6-16;/h5-8,15,18H,9-14H2,1-4H3,(H2,20,21,22);1H. The van der Waals surface area contributed by atoms with Gasteiger partial charge >= 0.3 is 0 Å². The molecule has 0 spiro atoms. The quantitative estimate of drug-likeness (QED) is 0.360. The molecule has 148 valence electrons. The number of aliphatic imine (C=N–C) groups is 1. The predicted octanol–water partition coefficient (Wildman–Crippen LogP) is 2.34. The summed E-state index contributed by atoms with van der Waals surface area (Å²) < 4.78 is 11.1. The van der Waals surface area contributed by atoms with E-state index in [1.165, 1.54) is 5.56 Å². The number of ether oxygens (including phenoxy) is 2. The maximum Gasteiger partial charge on any atom is 0.191 e. The Labute approximate surface area is 174 Å². The van der Waals surface area contributed by atoms with Crippen LogP contribution in [-0.2, 0) is 11.3 Å². The van der Waals surface area contributed by atoms with E-state index >= 15 is 0 Å². The van der Waals surface area contributed by atoms with E-state index in [4.69, 9.17) is 9.47 Å². The zero-order valence-corrected chi connectivity index (χ0v) is 18.7. The van der Waals surface area contributed by atoms with Crippen molar-refractivity contribution in [2.45, 2.75) is 26.5 Å². The van der Waals surface area contributed by atoms with Crippen molar-refractivity contribution in [3.05, 3.63) is 29.8 Å². The lowest BCUT2D eigenvalue weighted by Crippen LogP contribution is -2.50. The van der Waals surface area contributed by atoms with Gasteiger partial charge in [-0.2, -0.15) is 0 Å². The van der Waals surface area contributed by atoms with Gasteiger partial charge in [0, 0.05) is 39.8 Å². The zero-order chi connectivity index (χ0) is 18.1. The number of hydrogen-bond donors (Lipinski definition) is 2. The third kappa shape index (κ3) is 8.09. The molecule has 2 N–H and O–H groups in total. The molecule has 1 fully saturated rings. The van der Waals surface area contributed by atoms with Crippen LogP contribution in [0.1, 0.15) is 19.4 Å². The number of rotatable bonds is 7. The van der Waals surface area contributed by atoms with Crippen LogP contribution in [0.15, 0.2) is 29.3 Å². The molecule has 1 aliphatic rings. The van der Waals surface area contributed by atoms with E-state index in [-0.39, 0.29) is 30.1 Å². The van der Waals surface area contributed by atoms with Crippen LogP contribution in [0.25, 0.3) is 0 Å². The maximum atomic E-state index is 5.87. The molecular weight excluding hydrogens is 443 g/mol. The van der Waals surface area contributed by atoms with Crippen molar-refractivity contribution < 1.29 is 9.47 Å². The van der Waals surface area contributed by atoms with E-state index in [1.54, 1.807) is 14.2 Å². The zero-order valence-electron chi connectivity index (χ0n) is 16.3. The van der Waals surface area contributed by atoms with Gasteiger partial charge in [0.2, 0.25) is 0 Å². The van der Waals surface area contributed by atoms with Gasteiger partial charge in [-0.15, -0.1) is 24.0 Å². The molecule has 1 aromatic carbocycles. The highest BCUT2D eigenvalue weighted by Gasteiger charge is 2.21. The van der Waals surface area contributed by atoms with Crippen LogP contribution in [0.3, 0.4) is 0 Å². The Hall–Kier alpha value is -1.06. The monoisotopic (exact) mass is 476 g/mol. The first-order chi connectivity index (χ1) is 12.1. The molecule has 7 heteroatoms. The summed E-state index contributed by atoms with van der Waals surface area (Å²) in [5.41, 5.74) is 1.18. The first-order valence-corrected chi connectivity index (χ1v) is 9.02. The van der Waals surface area contributed by atoms with Crippen molar-refractivity contribution >= 4 is 29.9 Å². The molecule has 0 saturated carbocycles. The normalized spacial score (nSPS) is 18.3. The largest absolute Gasteiger partial charge is 0.497 e. The lowest BCUT2D eigenvalue weighted by molar-refractivity contribution is -0.0284. The van der Waals surface area contributed by atoms with Gasteiger partial charge in [0.1, 0.15) is 5.75 Å². The van der Waals surface area contributed by atoms with Crippen LogP contribution in [0.4, 0.5) is 0 Å². The van der Waals surface area contributed by atoms with E-state index in [0.29, 0.717) is 12.5 Å². The number of nitrogens with one attached hydrogen (secondary N) is 2. The highest BCUT2D eigenvalue weighted by Crippen LogP contribution is 2.11. The first-order valence-electron chi connectivity index (χ1n) is 9.02. The lowest BCUT2D eigenvalue weighted by Gasteiger charge is -2.34. The molecule has 1 aromatic rings. The fourth-order valence-corrected chi connectivity index (χ4v) is 2.95. The Morgan fingerprint density at radius 3 is 2.65 bits per heavy atom. The number of morpholine rings is 1. The fourth-order valence-electron chi connectivity index (χ4n) is 2.95. The minimum Gasteiger partial charge on any atom is -0.497 e. The third-order valence-electron chi connectivity index (χ3n) is 4.19. The van der Waals surface area contributed by atoms with Gasteiger partial charge in [0.15, 0.2) is 5.96 Å². The molecule has 1 saturated heterocycles. The smallest absolute Gasteiger partial charge is 0.191 e. The highest BCUT2D eigenvalue weighted by molar-refractivity contribution is 14.0. The van der Waals surface area contributed by atoms with E-state index < -0.39 is 0 Å². The minimum atomic E-state index is 0. The van der Waals surface area contributed by atoms with Crippen molar-refractivity contribution in [3.63, 3.8) is 0 Å². The summed E-state index contributed by atoms with van der Waals surface area (Å²) in [6, 6.07) is 8.03. The maximum absolute atomic E-state index is 5.87. The van der Waals surface area contributed by atoms with Gasteiger partial charge in [0.25, 0.3) is 0 Å². The Morgan fingerprint density at radius 1 is 1.31 bits per heavy atom. The first kappa shape index (κ1) is 23.0. The molecule has 0 radical (unpaired) electrons. The summed E-state index contributed by atoms with van der Waals surface area (Å²) in [6.45, 7) is 9.92. The molecule has 0 bridgehead atoms. The van der Waals surface area contributed by atoms with Gasteiger partial charge in [-0.3, -0.25) is 9.89 Å². The van der Waals surface area contributed by atoms with Gasteiger partial charge in [-0.25, -0.2) is 0 Å². The molecule has 0 aliphatic carbocycles. The Morgan fingerprint density at radius 2 is 2.04 bits per heavy atom. The molecule has 1 aliphatic heterocycles. The molecule has 6 nitrogen and oxygen atoms in total. The van der Waals surface area contributed by atoms with E-state index in [0.717, 1.165) is 44.5 Å². The van der Waals surface area contributed by atoms with Crippen LogP contribution in [0.2, 0.25) is 0 Å². The number of halogens is 1. The molecule has 1 atom stereocenters. The van der Waals surface area contributed by atoms with Gasteiger partial charge in [0.05, 0.1) is 19.8 Å². The van der Waals surface area contributed by atoms with Crippen LogP contribution < -0.4 is 15.4 Å². The Balaban J connectivity index is 0.00000338. The summed E-state index contributed by atoms with van der Waals surface area (Å²) in [6.07, 6.45) is 0.201. The number of benzene rings is 1. The average molecular weight is 476 g/mol. The number of hydrogen-bond acceptors (Lipinski definition) is 4. The Bertz CT molecular complexity index is 537. The van der Waals surface area contributed by atoms with E-state index in [9.17, 15) is 0 Å². The number of guanidine groups is 1. The van der Waals surface area contributed by atoms with Crippen LogP contribution in [0, 0.1) is 5.92 Å². The van der Waals surface area contributed by atoms with E-state index in [1.807, 2.05) is 24.3 Å². The Kier molecular flexibility index (Phi) is 10.9. The van der Waals surface area contributed by atoms with Crippen LogP contribution >= 0.6 is 24.0 Å². The molecule has 1 unspecified atom stereocenters. The second-order valence-electron chi connectivity index (χ2n) is 6.80. The van der Waals surface area contributed by atoms with Crippen molar-refractivity contribution in [2.75, 3.05) is 46.9 Å². The SMILES string of the molecule is CN=C(NCc1ccc(OC)cc1)NCC1CN(CC(C)C)CCO1.I. The van der Waals surface area contributed by atoms with Gasteiger partial charge < -0.3 is 20.1 Å². The predicted molar refractivity (Wildman–Crippen MR) is 118 cm³/mol. The van der Waals surface area contributed by atoms with Crippen LogP contribution in [-0.4, -0.2) is 63.9 Å². The molecule has 0 amide bonds. The van der Waals surface area contributed by atoms with E-state index in [2.05, 4.69) is 34.4 Å². The summed E-state index contributed by atoms with van der Waals surface area (Å²) in [4.78, 5) is 6.77. The van der Waals surface area contributed by atoms with Crippen molar-refractivity contribution in [3.8, 4) is 5.75 Å². The molecule has 1 heterocycles. The van der Waals surface area contributed by atoms with Crippen molar-refractivity contribution in [1.82, 2.24) is 15.5 Å². The van der Waals surface area contributed by atoms with Crippen molar-refractivity contribution in [1.29, 1.82) is 0 Å². The minimum absolute atomic E-state index is 0. The summed E-state index contributed by atoms with van der Waals surface area (Å²) in [5, 5.41) is 6.70. The highest BCUT2D eigenvalue weighted by atomic mass is 127. The molecular formula is C19H33IN4O2. The summed E-state index contributed by atoms with van der Waals surface area (Å²) in [7, 11) is 3.46. The summed E-state index contributed by atoms with van der Waals surface area (Å²) >= 11 is 0. The molecule has 26 heavy (non-hydrogen) atoms. The average Bonchev–Trinajstić information content (AvgIpc) is 2.62. The molecule has 0 aromatic heterocycles. The number of methoxy groups -OCH3 is 1. The second kappa shape index (κ2) is 12.3.